The maximum absolute atomic E-state index is 5.70. The van der Waals surface area contributed by atoms with Gasteiger partial charge in [-0.15, -0.1) is 0 Å². The van der Waals surface area contributed by atoms with Crippen LogP contribution in [0.2, 0.25) is 0 Å². The standard InChI is InChI=1S/C18H21N3O/c1-3-19-12-14-9-10-21-13-16(20-18(21)11-14)15-7-5-6-8-17(15)22-4-2/h5-11,13,19H,3-4,12H2,1-2H3. The van der Waals surface area contributed by atoms with Gasteiger partial charge in [0.2, 0.25) is 0 Å². The summed E-state index contributed by atoms with van der Waals surface area (Å²) in [6.45, 7) is 6.58. The first-order valence-electron chi connectivity index (χ1n) is 7.72. The first-order valence-corrected chi connectivity index (χ1v) is 7.72. The molecule has 1 aromatic carbocycles. The van der Waals surface area contributed by atoms with Gasteiger partial charge in [-0.25, -0.2) is 4.98 Å². The largest absolute Gasteiger partial charge is 0.493 e. The lowest BCUT2D eigenvalue weighted by Gasteiger charge is -2.07. The van der Waals surface area contributed by atoms with Crippen LogP contribution in [-0.2, 0) is 6.54 Å². The summed E-state index contributed by atoms with van der Waals surface area (Å²) < 4.78 is 7.75. The molecule has 0 fully saturated rings. The van der Waals surface area contributed by atoms with Gasteiger partial charge in [-0.05, 0) is 43.3 Å². The van der Waals surface area contributed by atoms with Crippen molar-refractivity contribution in [2.24, 2.45) is 0 Å². The molecule has 2 heterocycles. The van der Waals surface area contributed by atoms with Crippen LogP contribution in [0.5, 0.6) is 5.75 Å². The van der Waals surface area contributed by atoms with E-state index in [1.807, 2.05) is 41.8 Å². The lowest BCUT2D eigenvalue weighted by Crippen LogP contribution is -2.11. The van der Waals surface area contributed by atoms with Crippen molar-refractivity contribution in [3.8, 4) is 17.0 Å². The Morgan fingerprint density at radius 1 is 1.18 bits per heavy atom. The van der Waals surface area contributed by atoms with Crippen LogP contribution < -0.4 is 10.1 Å². The smallest absolute Gasteiger partial charge is 0.137 e. The van der Waals surface area contributed by atoms with Crippen molar-refractivity contribution >= 4 is 5.65 Å². The molecule has 0 bridgehead atoms. The Labute approximate surface area is 130 Å². The van der Waals surface area contributed by atoms with Crippen LogP contribution in [0.1, 0.15) is 19.4 Å². The van der Waals surface area contributed by atoms with Gasteiger partial charge in [0.05, 0.1) is 12.3 Å². The Bertz CT molecular complexity index is 764. The van der Waals surface area contributed by atoms with Crippen LogP contribution in [0.4, 0.5) is 0 Å². The quantitative estimate of drug-likeness (QED) is 0.756. The molecule has 0 amide bonds. The number of hydrogen-bond donors (Lipinski definition) is 1. The minimum absolute atomic E-state index is 0.650. The molecule has 0 aliphatic rings. The predicted molar refractivity (Wildman–Crippen MR) is 89.2 cm³/mol. The second-order valence-corrected chi connectivity index (χ2v) is 5.14. The first kappa shape index (κ1) is 14.6. The zero-order valence-corrected chi connectivity index (χ0v) is 13.0. The third kappa shape index (κ3) is 2.97. The molecule has 0 aliphatic heterocycles. The average molecular weight is 295 g/mol. The molecular weight excluding hydrogens is 274 g/mol. The number of aromatic nitrogens is 2. The molecule has 1 N–H and O–H groups in total. The highest BCUT2D eigenvalue weighted by Gasteiger charge is 2.10. The van der Waals surface area contributed by atoms with E-state index in [1.54, 1.807) is 0 Å². The number of hydrogen-bond acceptors (Lipinski definition) is 3. The lowest BCUT2D eigenvalue weighted by molar-refractivity contribution is 0.341. The minimum atomic E-state index is 0.650. The van der Waals surface area contributed by atoms with E-state index in [2.05, 4.69) is 30.6 Å². The number of ether oxygens (including phenoxy) is 1. The fraction of sp³-hybridized carbons (Fsp3) is 0.278. The minimum Gasteiger partial charge on any atom is -0.493 e. The summed E-state index contributed by atoms with van der Waals surface area (Å²) in [6, 6.07) is 12.3. The molecule has 4 heteroatoms. The van der Waals surface area contributed by atoms with Crippen LogP contribution in [0.3, 0.4) is 0 Å². The topological polar surface area (TPSA) is 38.6 Å². The van der Waals surface area contributed by atoms with Crippen molar-refractivity contribution in [3.63, 3.8) is 0 Å². The molecule has 4 nitrogen and oxygen atoms in total. The van der Waals surface area contributed by atoms with Gasteiger partial charge in [0, 0.05) is 24.5 Å². The van der Waals surface area contributed by atoms with E-state index in [0.717, 1.165) is 35.7 Å². The zero-order chi connectivity index (χ0) is 15.4. The van der Waals surface area contributed by atoms with E-state index in [-0.39, 0.29) is 0 Å². The number of nitrogens with one attached hydrogen (secondary N) is 1. The average Bonchev–Trinajstić information content (AvgIpc) is 2.96. The molecule has 114 valence electrons. The number of nitrogens with zero attached hydrogens (tertiary/aromatic N) is 2. The second kappa shape index (κ2) is 6.62. The molecular formula is C18H21N3O. The molecule has 2 aromatic heterocycles. The number of para-hydroxylation sites is 1. The highest BCUT2D eigenvalue weighted by molar-refractivity contribution is 5.69. The van der Waals surface area contributed by atoms with E-state index in [0.29, 0.717) is 6.61 Å². The number of fused-ring (bicyclic) bond motifs is 1. The van der Waals surface area contributed by atoms with Crippen LogP contribution >= 0.6 is 0 Å². The third-order valence-electron chi connectivity index (χ3n) is 3.57. The Morgan fingerprint density at radius 3 is 2.86 bits per heavy atom. The Hall–Kier alpha value is -2.33. The van der Waals surface area contributed by atoms with E-state index >= 15 is 0 Å². The fourth-order valence-corrected chi connectivity index (χ4v) is 2.49. The SMILES string of the molecule is CCNCc1ccn2cc(-c3ccccc3OCC)nc2c1. The van der Waals surface area contributed by atoms with Crippen molar-refractivity contribution in [1.29, 1.82) is 0 Å². The number of benzene rings is 1. The van der Waals surface area contributed by atoms with Gasteiger partial charge in [0.15, 0.2) is 0 Å². The van der Waals surface area contributed by atoms with Crippen molar-refractivity contribution in [2.45, 2.75) is 20.4 Å². The molecule has 0 spiro atoms. The molecule has 3 aromatic rings. The van der Waals surface area contributed by atoms with Crippen molar-refractivity contribution in [3.05, 3.63) is 54.4 Å². The predicted octanol–water partition coefficient (Wildman–Crippen LogP) is 3.51. The lowest BCUT2D eigenvalue weighted by atomic mass is 10.1. The molecule has 3 rings (SSSR count). The summed E-state index contributed by atoms with van der Waals surface area (Å²) in [5.74, 6) is 0.876. The normalized spacial score (nSPS) is 11.0. The molecule has 0 radical (unpaired) electrons. The van der Waals surface area contributed by atoms with Crippen LogP contribution in [0.15, 0.2) is 48.8 Å². The first-order chi connectivity index (χ1) is 10.8. The summed E-state index contributed by atoms with van der Waals surface area (Å²) >= 11 is 0. The van der Waals surface area contributed by atoms with E-state index < -0.39 is 0 Å². The Balaban J connectivity index is 1.98. The van der Waals surface area contributed by atoms with E-state index in [4.69, 9.17) is 9.72 Å². The molecule has 22 heavy (non-hydrogen) atoms. The number of imidazole rings is 1. The maximum atomic E-state index is 5.70. The molecule has 0 atom stereocenters. The molecule has 0 saturated carbocycles. The molecule has 0 aliphatic carbocycles. The van der Waals surface area contributed by atoms with E-state index in [1.165, 1.54) is 5.56 Å². The Morgan fingerprint density at radius 2 is 2.05 bits per heavy atom. The van der Waals surface area contributed by atoms with Crippen LogP contribution in [-0.4, -0.2) is 22.5 Å². The van der Waals surface area contributed by atoms with Gasteiger partial charge < -0.3 is 14.5 Å². The summed E-state index contributed by atoms with van der Waals surface area (Å²) in [4.78, 5) is 4.75. The van der Waals surface area contributed by atoms with Gasteiger partial charge in [0.1, 0.15) is 11.4 Å². The zero-order valence-electron chi connectivity index (χ0n) is 13.0. The van der Waals surface area contributed by atoms with Gasteiger partial charge in [0.25, 0.3) is 0 Å². The fourth-order valence-electron chi connectivity index (χ4n) is 2.49. The second-order valence-electron chi connectivity index (χ2n) is 5.14. The summed E-state index contributed by atoms with van der Waals surface area (Å²) in [6.07, 6.45) is 4.10. The third-order valence-corrected chi connectivity index (χ3v) is 3.57. The monoisotopic (exact) mass is 295 g/mol. The highest BCUT2D eigenvalue weighted by Crippen LogP contribution is 2.29. The summed E-state index contributed by atoms with van der Waals surface area (Å²) in [5.41, 5.74) is 4.16. The van der Waals surface area contributed by atoms with Gasteiger partial charge >= 0.3 is 0 Å². The van der Waals surface area contributed by atoms with Crippen molar-refractivity contribution < 1.29 is 4.74 Å². The van der Waals surface area contributed by atoms with E-state index in [9.17, 15) is 0 Å². The Kier molecular flexibility index (Phi) is 4.39. The highest BCUT2D eigenvalue weighted by atomic mass is 16.5. The summed E-state index contributed by atoms with van der Waals surface area (Å²) in [5, 5.41) is 3.34. The van der Waals surface area contributed by atoms with Crippen LogP contribution in [0, 0.1) is 0 Å². The summed E-state index contributed by atoms with van der Waals surface area (Å²) in [7, 11) is 0. The van der Waals surface area contributed by atoms with Gasteiger partial charge in [-0.2, -0.15) is 0 Å². The van der Waals surface area contributed by atoms with Crippen molar-refractivity contribution in [1.82, 2.24) is 14.7 Å². The molecule has 0 saturated heterocycles. The van der Waals surface area contributed by atoms with Crippen molar-refractivity contribution in [2.75, 3.05) is 13.2 Å². The maximum Gasteiger partial charge on any atom is 0.137 e. The van der Waals surface area contributed by atoms with Gasteiger partial charge in [-0.3, -0.25) is 0 Å². The van der Waals surface area contributed by atoms with Crippen LogP contribution in [0.25, 0.3) is 16.9 Å². The number of rotatable bonds is 6. The van der Waals surface area contributed by atoms with Gasteiger partial charge in [-0.1, -0.05) is 19.1 Å². The molecule has 0 unspecified atom stereocenters. The number of pyridine rings is 1.